The molecule has 0 aliphatic carbocycles. The third-order valence-corrected chi connectivity index (χ3v) is 3.35. The van der Waals surface area contributed by atoms with Crippen LogP contribution in [0.3, 0.4) is 0 Å². The minimum Gasteiger partial charge on any atom is -0.506 e. The first-order valence-electron chi connectivity index (χ1n) is 5.58. The lowest BCUT2D eigenvalue weighted by Crippen LogP contribution is -2.20. The van der Waals surface area contributed by atoms with E-state index in [0.717, 1.165) is 0 Å². The number of aromatic hydroxyl groups is 1. The zero-order valence-electron chi connectivity index (χ0n) is 10.2. The molecule has 0 spiro atoms. The molecule has 0 heterocycles. The Balaban J connectivity index is 2.18. The van der Waals surface area contributed by atoms with Gasteiger partial charge in [-0.1, -0.05) is 35.3 Å². The van der Waals surface area contributed by atoms with E-state index in [-0.39, 0.29) is 10.9 Å². The lowest BCUT2D eigenvalue weighted by atomic mass is 10.2. The van der Waals surface area contributed by atoms with Crippen LogP contribution in [-0.4, -0.2) is 10.2 Å². The molecule has 5 N–H and O–H groups in total. The van der Waals surface area contributed by atoms with Gasteiger partial charge in [-0.15, -0.1) is 0 Å². The molecule has 0 amide bonds. The Labute approximate surface area is 131 Å². The van der Waals surface area contributed by atoms with E-state index in [1.54, 1.807) is 30.3 Å². The molecule has 0 saturated heterocycles. The zero-order valence-corrected chi connectivity index (χ0v) is 12.5. The molecule has 2 aromatic carbocycles. The van der Waals surface area contributed by atoms with Gasteiger partial charge < -0.3 is 21.5 Å². The predicted molar refractivity (Wildman–Crippen MR) is 88.8 cm³/mol. The highest BCUT2D eigenvalue weighted by molar-refractivity contribution is 7.80. The summed E-state index contributed by atoms with van der Waals surface area (Å²) in [6.07, 6.45) is 0. The summed E-state index contributed by atoms with van der Waals surface area (Å²) in [4.78, 5) is 0. The van der Waals surface area contributed by atoms with E-state index in [1.165, 1.54) is 6.07 Å². The van der Waals surface area contributed by atoms with E-state index in [2.05, 4.69) is 10.6 Å². The van der Waals surface area contributed by atoms with Gasteiger partial charge in [0.15, 0.2) is 5.11 Å². The minimum atomic E-state index is -0.000550. The number of thiocarbonyl (C=S) groups is 1. The Hall–Kier alpha value is -1.69. The summed E-state index contributed by atoms with van der Waals surface area (Å²) in [5, 5.41) is 16.5. The third-order valence-electron chi connectivity index (χ3n) is 2.51. The Morgan fingerprint density at radius 3 is 2.15 bits per heavy atom. The lowest BCUT2D eigenvalue weighted by molar-refractivity contribution is 0.478. The maximum absolute atomic E-state index is 9.73. The van der Waals surface area contributed by atoms with E-state index in [0.29, 0.717) is 27.1 Å². The number of halogens is 2. The molecule has 0 aliphatic heterocycles. The quantitative estimate of drug-likeness (QED) is 0.380. The maximum Gasteiger partial charge on any atom is 0.175 e. The molecule has 20 heavy (non-hydrogen) atoms. The smallest absolute Gasteiger partial charge is 0.175 e. The van der Waals surface area contributed by atoms with Crippen molar-refractivity contribution in [1.29, 1.82) is 0 Å². The van der Waals surface area contributed by atoms with E-state index in [1.807, 2.05) is 0 Å². The summed E-state index contributed by atoms with van der Waals surface area (Å²) in [5.74, 6) is -0.000550. The molecule has 0 saturated carbocycles. The van der Waals surface area contributed by atoms with E-state index in [4.69, 9.17) is 41.2 Å². The molecule has 7 heteroatoms. The average Bonchev–Trinajstić information content (AvgIpc) is 2.39. The van der Waals surface area contributed by atoms with Crippen molar-refractivity contribution in [2.24, 2.45) is 0 Å². The second-order valence-corrected chi connectivity index (χ2v) is 5.14. The normalized spacial score (nSPS) is 10.1. The summed E-state index contributed by atoms with van der Waals surface area (Å²) >= 11 is 17.2. The number of hydrogen-bond donors (Lipinski definition) is 4. The number of hydrogen-bond acceptors (Lipinski definition) is 3. The van der Waals surface area contributed by atoms with Crippen molar-refractivity contribution in [2.75, 3.05) is 16.4 Å². The molecular weight excluding hydrogens is 317 g/mol. The molecule has 2 aromatic rings. The van der Waals surface area contributed by atoms with Crippen molar-refractivity contribution in [1.82, 2.24) is 0 Å². The van der Waals surface area contributed by atoms with Gasteiger partial charge in [-0.05, 0) is 36.5 Å². The molecule has 0 bridgehead atoms. The first-order chi connectivity index (χ1) is 9.49. The van der Waals surface area contributed by atoms with Gasteiger partial charge in [0.2, 0.25) is 0 Å². The van der Waals surface area contributed by atoms with Gasteiger partial charge in [-0.25, -0.2) is 0 Å². The minimum absolute atomic E-state index is 0.000550. The summed E-state index contributed by atoms with van der Waals surface area (Å²) in [6, 6.07) is 9.89. The number of para-hydroxylation sites is 2. The molecule has 2 rings (SSSR count). The molecule has 0 unspecified atom stereocenters. The van der Waals surface area contributed by atoms with Crippen LogP contribution in [0.1, 0.15) is 0 Å². The second-order valence-electron chi connectivity index (χ2n) is 3.92. The lowest BCUT2D eigenvalue weighted by Gasteiger charge is -2.15. The van der Waals surface area contributed by atoms with Crippen LogP contribution in [0.15, 0.2) is 36.4 Å². The molecular formula is C13H11Cl2N3OS. The second kappa shape index (κ2) is 6.17. The number of nitrogen functional groups attached to an aromatic ring is 1. The van der Waals surface area contributed by atoms with Gasteiger partial charge in [-0.3, -0.25) is 0 Å². The Morgan fingerprint density at radius 1 is 1.00 bits per heavy atom. The molecule has 0 fully saturated rings. The number of nitrogens with two attached hydrogens (primary N) is 1. The fourth-order valence-corrected chi connectivity index (χ4v) is 2.27. The Kier molecular flexibility index (Phi) is 4.54. The van der Waals surface area contributed by atoms with Crippen molar-refractivity contribution in [3.8, 4) is 5.75 Å². The molecule has 104 valence electrons. The van der Waals surface area contributed by atoms with Crippen molar-refractivity contribution >= 4 is 57.6 Å². The first kappa shape index (κ1) is 14.7. The van der Waals surface area contributed by atoms with Crippen molar-refractivity contribution in [3.63, 3.8) is 0 Å². The van der Waals surface area contributed by atoms with Crippen LogP contribution in [0.2, 0.25) is 10.0 Å². The number of nitrogens with one attached hydrogen (secondary N) is 2. The van der Waals surface area contributed by atoms with Crippen LogP contribution in [0.25, 0.3) is 0 Å². The summed E-state index contributed by atoms with van der Waals surface area (Å²) < 4.78 is 0. The Bertz CT molecular complexity index is 568. The van der Waals surface area contributed by atoms with Crippen LogP contribution in [0.5, 0.6) is 5.75 Å². The molecule has 0 atom stereocenters. The highest BCUT2D eigenvalue weighted by Gasteiger charge is 2.10. The number of phenols is 1. The van der Waals surface area contributed by atoms with E-state index < -0.39 is 0 Å². The van der Waals surface area contributed by atoms with Crippen molar-refractivity contribution in [2.45, 2.75) is 0 Å². The van der Waals surface area contributed by atoms with Gasteiger partial charge in [0.25, 0.3) is 0 Å². The summed E-state index contributed by atoms with van der Waals surface area (Å²) in [7, 11) is 0. The molecule has 0 radical (unpaired) electrons. The van der Waals surface area contributed by atoms with Crippen LogP contribution >= 0.6 is 35.4 Å². The van der Waals surface area contributed by atoms with Crippen molar-refractivity contribution < 1.29 is 5.11 Å². The molecule has 0 aromatic heterocycles. The SMILES string of the molecule is Nc1cccc(O)c1NC(=S)Nc1c(Cl)cccc1Cl. The van der Waals surface area contributed by atoms with Gasteiger partial charge >= 0.3 is 0 Å². The standard InChI is InChI=1S/C13H11Cl2N3OS/c14-7-3-1-4-8(15)11(7)17-13(20)18-12-9(16)5-2-6-10(12)19/h1-6,19H,16H2,(H2,17,18,20). The van der Waals surface area contributed by atoms with Gasteiger partial charge in [0.05, 0.1) is 21.4 Å². The van der Waals surface area contributed by atoms with Crippen LogP contribution in [0, 0.1) is 0 Å². The maximum atomic E-state index is 9.73. The van der Waals surface area contributed by atoms with Crippen LogP contribution in [0.4, 0.5) is 17.1 Å². The first-order valence-corrected chi connectivity index (χ1v) is 6.75. The number of rotatable bonds is 2. The highest BCUT2D eigenvalue weighted by Crippen LogP contribution is 2.32. The fourth-order valence-electron chi connectivity index (χ4n) is 1.57. The number of phenolic OH excluding ortho intramolecular Hbond substituents is 1. The van der Waals surface area contributed by atoms with Gasteiger partial charge in [0.1, 0.15) is 11.4 Å². The van der Waals surface area contributed by atoms with E-state index >= 15 is 0 Å². The topological polar surface area (TPSA) is 70.3 Å². The predicted octanol–water partition coefficient (Wildman–Crippen LogP) is 4.09. The summed E-state index contributed by atoms with van der Waals surface area (Å²) in [5.41, 5.74) is 6.95. The van der Waals surface area contributed by atoms with Gasteiger partial charge in [0, 0.05) is 0 Å². The van der Waals surface area contributed by atoms with Gasteiger partial charge in [-0.2, -0.15) is 0 Å². The van der Waals surface area contributed by atoms with E-state index in [9.17, 15) is 5.11 Å². The summed E-state index contributed by atoms with van der Waals surface area (Å²) in [6.45, 7) is 0. The monoisotopic (exact) mass is 327 g/mol. The number of benzene rings is 2. The largest absolute Gasteiger partial charge is 0.506 e. The fraction of sp³-hybridized carbons (Fsp3) is 0. The average molecular weight is 328 g/mol. The highest BCUT2D eigenvalue weighted by atomic mass is 35.5. The Morgan fingerprint density at radius 2 is 1.55 bits per heavy atom. The van der Waals surface area contributed by atoms with Crippen LogP contribution in [-0.2, 0) is 0 Å². The van der Waals surface area contributed by atoms with Crippen LogP contribution < -0.4 is 16.4 Å². The molecule has 0 aliphatic rings. The van der Waals surface area contributed by atoms with Crippen molar-refractivity contribution in [3.05, 3.63) is 46.4 Å². The number of anilines is 3. The third kappa shape index (κ3) is 3.25. The molecule has 4 nitrogen and oxygen atoms in total. The zero-order chi connectivity index (χ0) is 14.7.